The summed E-state index contributed by atoms with van der Waals surface area (Å²) in [5.41, 5.74) is 5.90. The van der Waals surface area contributed by atoms with E-state index in [0.717, 1.165) is 31.5 Å². The van der Waals surface area contributed by atoms with Gasteiger partial charge in [-0.3, -0.25) is 10.1 Å². The van der Waals surface area contributed by atoms with Gasteiger partial charge in [0.05, 0.1) is 0 Å². The van der Waals surface area contributed by atoms with Crippen molar-refractivity contribution in [3.63, 3.8) is 0 Å². The summed E-state index contributed by atoms with van der Waals surface area (Å²) in [6.07, 6.45) is 2.06. The number of amides is 1. The van der Waals surface area contributed by atoms with Crippen LogP contribution in [0.25, 0.3) is 0 Å². The minimum Gasteiger partial charge on any atom is -0.368 e. The van der Waals surface area contributed by atoms with Crippen LogP contribution in [0.1, 0.15) is 18.4 Å². The third-order valence-electron chi connectivity index (χ3n) is 3.84. The van der Waals surface area contributed by atoms with E-state index in [4.69, 9.17) is 17.3 Å². The molecule has 0 radical (unpaired) electrons. The summed E-state index contributed by atoms with van der Waals surface area (Å²) in [6, 6.07) is 7.41. The Balaban J connectivity index is 2.27. The Labute approximate surface area is 125 Å². The summed E-state index contributed by atoms with van der Waals surface area (Å²) in [5, 5.41) is 4.07. The summed E-state index contributed by atoms with van der Waals surface area (Å²) in [6.45, 7) is 1.57. The summed E-state index contributed by atoms with van der Waals surface area (Å²) in [7, 11) is 4.01. The smallest absolute Gasteiger partial charge is 0.242 e. The molecule has 0 heterocycles. The topological polar surface area (TPSA) is 58.4 Å². The predicted octanol–water partition coefficient (Wildman–Crippen LogP) is 1.58. The molecule has 5 heteroatoms. The van der Waals surface area contributed by atoms with Crippen molar-refractivity contribution in [2.45, 2.75) is 18.4 Å². The van der Waals surface area contributed by atoms with E-state index >= 15 is 0 Å². The van der Waals surface area contributed by atoms with E-state index in [2.05, 4.69) is 10.2 Å². The average molecular weight is 296 g/mol. The number of nitrogens with two attached hydrogens (primary N) is 1. The molecule has 1 aromatic carbocycles. The fourth-order valence-electron chi connectivity index (χ4n) is 2.62. The monoisotopic (exact) mass is 295 g/mol. The van der Waals surface area contributed by atoms with Crippen molar-refractivity contribution in [1.82, 2.24) is 10.2 Å². The van der Waals surface area contributed by atoms with Crippen LogP contribution in [0.15, 0.2) is 24.3 Å². The molecule has 3 N–H and O–H groups in total. The van der Waals surface area contributed by atoms with E-state index < -0.39 is 5.54 Å². The Bertz CT molecular complexity index is 471. The molecule has 1 amide bonds. The SMILES string of the molecule is CN(C)CCNC(C(N)=O)(c1ccc(Cl)cc1)C1CC1. The first-order valence-corrected chi connectivity index (χ1v) is 7.30. The molecule has 20 heavy (non-hydrogen) atoms. The third-order valence-corrected chi connectivity index (χ3v) is 4.09. The van der Waals surface area contributed by atoms with Crippen molar-refractivity contribution >= 4 is 17.5 Å². The third kappa shape index (κ3) is 3.14. The van der Waals surface area contributed by atoms with Gasteiger partial charge in [0.25, 0.3) is 0 Å². The van der Waals surface area contributed by atoms with E-state index in [1.165, 1.54) is 0 Å². The minimum atomic E-state index is -0.763. The maximum atomic E-state index is 12.2. The Morgan fingerprint density at radius 3 is 2.45 bits per heavy atom. The van der Waals surface area contributed by atoms with Crippen molar-refractivity contribution in [2.75, 3.05) is 27.2 Å². The second-order valence-electron chi connectivity index (χ2n) is 5.68. The van der Waals surface area contributed by atoms with Crippen molar-refractivity contribution < 1.29 is 4.79 Å². The normalized spacial score (nSPS) is 18.0. The van der Waals surface area contributed by atoms with Crippen LogP contribution >= 0.6 is 11.6 Å². The van der Waals surface area contributed by atoms with Gasteiger partial charge in [-0.25, -0.2) is 0 Å². The van der Waals surface area contributed by atoms with Gasteiger partial charge >= 0.3 is 0 Å². The number of halogens is 1. The van der Waals surface area contributed by atoms with Crippen LogP contribution < -0.4 is 11.1 Å². The number of rotatable bonds is 7. The molecule has 1 saturated carbocycles. The van der Waals surface area contributed by atoms with Gasteiger partial charge in [-0.05, 0) is 50.6 Å². The van der Waals surface area contributed by atoms with E-state index in [1.54, 1.807) is 0 Å². The summed E-state index contributed by atoms with van der Waals surface area (Å²) < 4.78 is 0. The van der Waals surface area contributed by atoms with Crippen LogP contribution in [-0.4, -0.2) is 38.0 Å². The molecule has 0 aromatic heterocycles. The van der Waals surface area contributed by atoms with Crippen LogP contribution in [0.5, 0.6) is 0 Å². The van der Waals surface area contributed by atoms with Gasteiger partial charge in [-0.2, -0.15) is 0 Å². The van der Waals surface area contributed by atoms with Crippen LogP contribution in [0.4, 0.5) is 0 Å². The largest absolute Gasteiger partial charge is 0.368 e. The zero-order valence-corrected chi connectivity index (χ0v) is 12.8. The van der Waals surface area contributed by atoms with Crippen molar-refractivity contribution in [3.8, 4) is 0 Å². The van der Waals surface area contributed by atoms with Crippen LogP contribution in [0.3, 0.4) is 0 Å². The maximum Gasteiger partial charge on any atom is 0.242 e. The summed E-state index contributed by atoms with van der Waals surface area (Å²) in [5.74, 6) is -0.0237. The number of hydrogen-bond acceptors (Lipinski definition) is 3. The van der Waals surface area contributed by atoms with Crippen molar-refractivity contribution in [2.24, 2.45) is 11.7 Å². The van der Waals surface area contributed by atoms with E-state index in [9.17, 15) is 4.79 Å². The zero-order chi connectivity index (χ0) is 14.8. The fraction of sp³-hybridized carbons (Fsp3) is 0.533. The van der Waals surface area contributed by atoms with Gasteiger partial charge in [-0.15, -0.1) is 0 Å². The lowest BCUT2D eigenvalue weighted by atomic mass is 9.84. The molecule has 1 aromatic rings. The number of likely N-dealkylation sites (N-methyl/N-ethyl adjacent to an activating group) is 1. The van der Waals surface area contributed by atoms with Gasteiger partial charge < -0.3 is 10.6 Å². The van der Waals surface area contributed by atoms with E-state index in [1.807, 2.05) is 38.4 Å². The number of benzene rings is 1. The van der Waals surface area contributed by atoms with E-state index in [-0.39, 0.29) is 11.8 Å². The minimum absolute atomic E-state index is 0.281. The molecule has 1 fully saturated rings. The van der Waals surface area contributed by atoms with Gasteiger partial charge in [0.2, 0.25) is 5.91 Å². The molecule has 0 saturated heterocycles. The number of carbonyl (C=O) groups is 1. The summed E-state index contributed by atoms with van der Waals surface area (Å²) >= 11 is 5.94. The Morgan fingerprint density at radius 1 is 1.40 bits per heavy atom. The lowest BCUT2D eigenvalue weighted by Gasteiger charge is -2.33. The highest BCUT2D eigenvalue weighted by atomic mass is 35.5. The highest BCUT2D eigenvalue weighted by Gasteiger charge is 2.50. The first-order valence-electron chi connectivity index (χ1n) is 6.92. The first kappa shape index (κ1) is 15.3. The van der Waals surface area contributed by atoms with Gasteiger partial charge in [0, 0.05) is 18.1 Å². The number of nitrogens with zero attached hydrogens (tertiary/aromatic N) is 1. The van der Waals surface area contributed by atoms with Gasteiger partial charge in [-0.1, -0.05) is 23.7 Å². The Morgan fingerprint density at radius 2 is 2.00 bits per heavy atom. The molecular weight excluding hydrogens is 274 g/mol. The summed E-state index contributed by atoms with van der Waals surface area (Å²) in [4.78, 5) is 14.3. The van der Waals surface area contributed by atoms with Crippen LogP contribution in [0, 0.1) is 5.92 Å². The lowest BCUT2D eigenvalue weighted by Crippen LogP contribution is -2.55. The second-order valence-corrected chi connectivity index (χ2v) is 6.12. The molecule has 1 atom stereocenters. The highest BCUT2D eigenvalue weighted by Crippen LogP contribution is 2.45. The molecule has 2 rings (SSSR count). The quantitative estimate of drug-likeness (QED) is 0.803. The van der Waals surface area contributed by atoms with Gasteiger partial charge in [0.1, 0.15) is 5.54 Å². The number of nitrogens with one attached hydrogen (secondary N) is 1. The first-order chi connectivity index (χ1) is 9.46. The Hall–Kier alpha value is -1.10. The molecule has 1 unspecified atom stereocenters. The van der Waals surface area contributed by atoms with Crippen molar-refractivity contribution in [3.05, 3.63) is 34.9 Å². The standard InChI is InChI=1S/C15H22ClN3O/c1-19(2)10-9-18-15(14(17)20,11-3-4-11)12-5-7-13(16)8-6-12/h5-8,11,18H,3-4,9-10H2,1-2H3,(H2,17,20). The predicted molar refractivity (Wildman–Crippen MR) is 81.6 cm³/mol. The molecule has 0 spiro atoms. The van der Waals surface area contributed by atoms with Crippen LogP contribution in [0.2, 0.25) is 5.02 Å². The molecule has 110 valence electrons. The maximum absolute atomic E-state index is 12.2. The van der Waals surface area contributed by atoms with E-state index in [0.29, 0.717) is 5.02 Å². The number of carbonyl (C=O) groups excluding carboxylic acids is 1. The Kier molecular flexibility index (Phi) is 4.68. The molecular formula is C15H22ClN3O. The second kappa shape index (κ2) is 6.12. The van der Waals surface area contributed by atoms with Crippen LogP contribution in [-0.2, 0) is 10.3 Å². The average Bonchev–Trinajstić information content (AvgIpc) is 3.20. The molecule has 0 aliphatic heterocycles. The van der Waals surface area contributed by atoms with Gasteiger partial charge in [0.15, 0.2) is 0 Å². The lowest BCUT2D eigenvalue weighted by molar-refractivity contribution is -0.125. The number of hydrogen-bond donors (Lipinski definition) is 2. The highest BCUT2D eigenvalue weighted by molar-refractivity contribution is 6.30. The molecule has 4 nitrogen and oxygen atoms in total. The number of primary amides is 1. The molecule has 1 aliphatic rings. The molecule has 0 bridgehead atoms. The zero-order valence-electron chi connectivity index (χ0n) is 12.0. The fourth-order valence-corrected chi connectivity index (χ4v) is 2.74. The molecule has 1 aliphatic carbocycles. The van der Waals surface area contributed by atoms with Crippen molar-refractivity contribution in [1.29, 1.82) is 0 Å².